The van der Waals surface area contributed by atoms with Crippen LogP contribution in [0.2, 0.25) is 0 Å². The van der Waals surface area contributed by atoms with Gasteiger partial charge in [0.15, 0.2) is 5.78 Å². The normalized spacial score (nSPS) is 11.0. The topological polar surface area (TPSA) is 47.8 Å². The Morgan fingerprint density at radius 2 is 2.32 bits per heavy atom. The predicted molar refractivity (Wildman–Crippen MR) is 75.5 cm³/mol. The molecule has 0 aliphatic heterocycles. The van der Waals surface area contributed by atoms with Gasteiger partial charge in [-0.2, -0.15) is 5.10 Å². The molecule has 0 aliphatic rings. The van der Waals surface area contributed by atoms with Crippen LogP contribution in [0.15, 0.2) is 36.1 Å². The van der Waals surface area contributed by atoms with Crippen LogP contribution in [-0.2, 0) is 13.5 Å². The fourth-order valence-electron chi connectivity index (χ4n) is 2.00. The molecule has 4 nitrogen and oxygen atoms in total. The summed E-state index contributed by atoms with van der Waals surface area (Å²) in [5, 5.41) is 6.08. The van der Waals surface area contributed by atoms with E-state index >= 15 is 0 Å². The number of fused-ring (bicyclic) bond motifs is 1. The highest BCUT2D eigenvalue weighted by molar-refractivity contribution is 7.17. The number of ketones is 1. The van der Waals surface area contributed by atoms with Gasteiger partial charge in [0, 0.05) is 31.4 Å². The Labute approximate surface area is 114 Å². The lowest BCUT2D eigenvalue weighted by molar-refractivity contribution is 0.0982. The molecule has 0 aromatic carbocycles. The van der Waals surface area contributed by atoms with Crippen molar-refractivity contribution >= 4 is 27.3 Å². The van der Waals surface area contributed by atoms with E-state index in [9.17, 15) is 4.79 Å². The van der Waals surface area contributed by atoms with E-state index in [2.05, 4.69) is 10.1 Å². The lowest BCUT2D eigenvalue weighted by Crippen LogP contribution is -2.01. The first-order valence-electron chi connectivity index (χ1n) is 6.06. The predicted octanol–water partition coefficient (Wildman–Crippen LogP) is 2.85. The van der Waals surface area contributed by atoms with E-state index in [0.717, 1.165) is 22.2 Å². The lowest BCUT2D eigenvalue weighted by atomic mass is 10.1. The monoisotopic (exact) mass is 271 g/mol. The zero-order valence-corrected chi connectivity index (χ0v) is 11.4. The number of hydrogen-bond donors (Lipinski definition) is 0. The number of nitrogens with zero attached hydrogens (tertiary/aromatic N) is 3. The summed E-state index contributed by atoms with van der Waals surface area (Å²) in [7, 11) is 1.87. The molecule has 0 fully saturated rings. The molecule has 0 saturated heterocycles. The molecule has 19 heavy (non-hydrogen) atoms. The second kappa shape index (κ2) is 4.93. The van der Waals surface area contributed by atoms with E-state index < -0.39 is 0 Å². The standard InChI is InChI=1S/C14H13N3OS/c1-17-9-10(7-16-17)2-3-13(18)11-6-14-12(15-8-11)4-5-19-14/h4-9H,2-3H2,1H3. The third-order valence-electron chi connectivity index (χ3n) is 3.02. The number of pyridine rings is 1. The smallest absolute Gasteiger partial charge is 0.164 e. The maximum atomic E-state index is 12.1. The van der Waals surface area contributed by atoms with Crippen molar-refractivity contribution in [2.45, 2.75) is 12.8 Å². The molecule has 3 aromatic rings. The maximum Gasteiger partial charge on any atom is 0.164 e. The first-order chi connectivity index (χ1) is 9.22. The molecule has 3 rings (SSSR count). The zero-order valence-electron chi connectivity index (χ0n) is 10.5. The summed E-state index contributed by atoms with van der Waals surface area (Å²) in [5.41, 5.74) is 2.73. The highest BCUT2D eigenvalue weighted by Crippen LogP contribution is 2.20. The quantitative estimate of drug-likeness (QED) is 0.685. The largest absolute Gasteiger partial charge is 0.294 e. The van der Waals surface area contributed by atoms with E-state index in [1.807, 2.05) is 30.8 Å². The fourth-order valence-corrected chi connectivity index (χ4v) is 2.78. The summed E-state index contributed by atoms with van der Waals surface area (Å²) >= 11 is 1.61. The van der Waals surface area contributed by atoms with Crippen molar-refractivity contribution in [3.05, 3.63) is 47.2 Å². The minimum Gasteiger partial charge on any atom is -0.294 e. The van der Waals surface area contributed by atoms with Crippen LogP contribution in [0.1, 0.15) is 22.3 Å². The van der Waals surface area contributed by atoms with Gasteiger partial charge in [0.05, 0.1) is 16.4 Å². The van der Waals surface area contributed by atoms with Gasteiger partial charge in [-0.15, -0.1) is 11.3 Å². The summed E-state index contributed by atoms with van der Waals surface area (Å²) in [4.78, 5) is 16.4. The highest BCUT2D eigenvalue weighted by Gasteiger charge is 2.09. The summed E-state index contributed by atoms with van der Waals surface area (Å²) in [6.45, 7) is 0. The van der Waals surface area contributed by atoms with E-state index in [0.29, 0.717) is 12.0 Å². The fraction of sp³-hybridized carbons (Fsp3) is 0.214. The lowest BCUT2D eigenvalue weighted by Gasteiger charge is -2.00. The third kappa shape index (κ3) is 2.56. The van der Waals surface area contributed by atoms with Crippen LogP contribution in [0, 0.1) is 0 Å². The number of rotatable bonds is 4. The number of Topliss-reactive ketones (excluding diaryl/α,β-unsaturated/α-hetero) is 1. The Kier molecular flexibility index (Phi) is 3.13. The zero-order chi connectivity index (χ0) is 13.2. The molecule has 3 heterocycles. The Morgan fingerprint density at radius 3 is 3.11 bits per heavy atom. The van der Waals surface area contributed by atoms with Gasteiger partial charge in [0.2, 0.25) is 0 Å². The average molecular weight is 271 g/mol. The SMILES string of the molecule is Cn1cc(CCC(=O)c2cnc3ccsc3c2)cn1. The van der Waals surface area contributed by atoms with Crippen LogP contribution in [0.4, 0.5) is 0 Å². The summed E-state index contributed by atoms with van der Waals surface area (Å²) in [6.07, 6.45) is 6.61. The van der Waals surface area contributed by atoms with Gasteiger partial charge in [-0.3, -0.25) is 14.5 Å². The highest BCUT2D eigenvalue weighted by atomic mass is 32.1. The maximum absolute atomic E-state index is 12.1. The number of aryl methyl sites for hydroxylation is 2. The van der Waals surface area contributed by atoms with Gasteiger partial charge < -0.3 is 0 Å². The molecule has 5 heteroatoms. The van der Waals surface area contributed by atoms with E-state index in [1.54, 1.807) is 28.4 Å². The number of thiophene rings is 1. The minimum atomic E-state index is 0.131. The Balaban J connectivity index is 1.72. The van der Waals surface area contributed by atoms with Crippen molar-refractivity contribution in [2.75, 3.05) is 0 Å². The Hall–Kier alpha value is -2.01. The van der Waals surface area contributed by atoms with Crippen LogP contribution in [0.5, 0.6) is 0 Å². The van der Waals surface area contributed by atoms with Gasteiger partial charge in [-0.1, -0.05) is 0 Å². The molecule has 0 saturated carbocycles. The molecule has 3 aromatic heterocycles. The van der Waals surface area contributed by atoms with Gasteiger partial charge in [0.1, 0.15) is 0 Å². The minimum absolute atomic E-state index is 0.131. The molecular formula is C14H13N3OS. The molecule has 0 amide bonds. The van der Waals surface area contributed by atoms with Crippen molar-refractivity contribution in [2.24, 2.45) is 7.05 Å². The van der Waals surface area contributed by atoms with E-state index in [4.69, 9.17) is 0 Å². The molecule has 0 atom stereocenters. The number of hydrogen-bond acceptors (Lipinski definition) is 4. The van der Waals surface area contributed by atoms with Gasteiger partial charge in [-0.25, -0.2) is 0 Å². The van der Waals surface area contributed by atoms with Crippen molar-refractivity contribution in [1.82, 2.24) is 14.8 Å². The van der Waals surface area contributed by atoms with Crippen LogP contribution in [0.25, 0.3) is 10.2 Å². The third-order valence-corrected chi connectivity index (χ3v) is 3.88. The second-order valence-electron chi connectivity index (χ2n) is 4.47. The van der Waals surface area contributed by atoms with Crippen molar-refractivity contribution in [3.8, 4) is 0 Å². The van der Waals surface area contributed by atoms with Crippen LogP contribution in [0.3, 0.4) is 0 Å². The summed E-state index contributed by atoms with van der Waals surface area (Å²) in [5.74, 6) is 0.131. The first-order valence-corrected chi connectivity index (χ1v) is 6.94. The van der Waals surface area contributed by atoms with Crippen LogP contribution >= 0.6 is 11.3 Å². The summed E-state index contributed by atoms with van der Waals surface area (Å²) < 4.78 is 2.81. The summed E-state index contributed by atoms with van der Waals surface area (Å²) in [6, 6.07) is 3.89. The van der Waals surface area contributed by atoms with Crippen molar-refractivity contribution < 1.29 is 4.79 Å². The van der Waals surface area contributed by atoms with Crippen molar-refractivity contribution in [3.63, 3.8) is 0 Å². The average Bonchev–Trinajstić information content (AvgIpc) is 3.03. The van der Waals surface area contributed by atoms with Crippen LogP contribution in [-0.4, -0.2) is 20.5 Å². The molecule has 0 unspecified atom stereocenters. The van der Waals surface area contributed by atoms with Gasteiger partial charge >= 0.3 is 0 Å². The van der Waals surface area contributed by atoms with Crippen molar-refractivity contribution in [1.29, 1.82) is 0 Å². The number of carbonyl (C=O) groups excluding carboxylic acids is 1. The molecule has 0 radical (unpaired) electrons. The number of carbonyl (C=O) groups is 1. The molecular weight excluding hydrogens is 258 g/mol. The first kappa shape index (κ1) is 12.0. The molecule has 0 bridgehead atoms. The molecule has 0 aliphatic carbocycles. The van der Waals surface area contributed by atoms with Crippen LogP contribution < -0.4 is 0 Å². The Bertz CT molecular complexity index is 729. The second-order valence-corrected chi connectivity index (χ2v) is 5.42. The van der Waals surface area contributed by atoms with Gasteiger partial charge in [0.25, 0.3) is 0 Å². The van der Waals surface area contributed by atoms with E-state index in [1.165, 1.54) is 0 Å². The van der Waals surface area contributed by atoms with E-state index in [-0.39, 0.29) is 5.78 Å². The number of aromatic nitrogens is 3. The molecule has 0 N–H and O–H groups in total. The molecule has 0 spiro atoms. The Morgan fingerprint density at radius 1 is 1.42 bits per heavy atom. The molecule has 96 valence electrons. The van der Waals surface area contributed by atoms with Gasteiger partial charge in [-0.05, 0) is 29.5 Å².